The quantitative estimate of drug-likeness (QED) is 0.691. The average molecular weight is 357 g/mol. The van der Waals surface area contributed by atoms with Crippen LogP contribution in [0.4, 0.5) is 0 Å². The smallest absolute Gasteiger partial charge is 0.222 e. The Morgan fingerprint density at radius 2 is 1.92 bits per heavy atom. The fraction of sp³-hybridized carbons (Fsp3) is 0.611. The van der Waals surface area contributed by atoms with Crippen LogP contribution in [0.3, 0.4) is 0 Å². The molecule has 6 heteroatoms. The predicted molar refractivity (Wildman–Crippen MR) is 98.2 cm³/mol. The number of hydrogen-bond acceptors (Lipinski definition) is 4. The molecule has 1 N–H and O–H groups in total. The van der Waals surface area contributed by atoms with Gasteiger partial charge in [0.2, 0.25) is 5.91 Å². The van der Waals surface area contributed by atoms with Crippen LogP contribution in [0, 0.1) is 5.92 Å². The topological polar surface area (TPSA) is 50.8 Å². The van der Waals surface area contributed by atoms with E-state index in [-0.39, 0.29) is 18.3 Å². The van der Waals surface area contributed by atoms with E-state index in [2.05, 4.69) is 5.32 Å². The lowest BCUT2D eigenvalue weighted by Crippen LogP contribution is -2.30. The van der Waals surface area contributed by atoms with Crippen molar-refractivity contribution >= 4 is 18.3 Å². The van der Waals surface area contributed by atoms with Crippen LogP contribution < -0.4 is 14.8 Å². The lowest BCUT2D eigenvalue weighted by atomic mass is 10.1. The number of nitrogens with one attached hydrogen (secondary N) is 1. The van der Waals surface area contributed by atoms with Crippen molar-refractivity contribution in [3.63, 3.8) is 0 Å². The van der Waals surface area contributed by atoms with Crippen LogP contribution in [0.15, 0.2) is 24.3 Å². The first kappa shape index (κ1) is 20.6. The molecule has 0 aromatic heterocycles. The van der Waals surface area contributed by atoms with Gasteiger partial charge in [0, 0.05) is 19.5 Å². The summed E-state index contributed by atoms with van der Waals surface area (Å²) in [7, 11) is 1.96. The number of rotatable bonds is 9. The van der Waals surface area contributed by atoms with Gasteiger partial charge in [0.1, 0.15) is 11.5 Å². The molecule has 1 fully saturated rings. The zero-order valence-corrected chi connectivity index (χ0v) is 15.4. The summed E-state index contributed by atoms with van der Waals surface area (Å²) < 4.78 is 11.1. The summed E-state index contributed by atoms with van der Waals surface area (Å²) in [5.41, 5.74) is 0. The zero-order valence-electron chi connectivity index (χ0n) is 14.6. The second-order valence-electron chi connectivity index (χ2n) is 5.91. The lowest BCUT2D eigenvalue weighted by molar-refractivity contribution is -0.130. The lowest BCUT2D eigenvalue weighted by Gasteiger charge is -2.16. The summed E-state index contributed by atoms with van der Waals surface area (Å²) in [6, 6.07) is 7.59. The minimum absolute atomic E-state index is 0. The number of carbonyl (C=O) groups is 1. The van der Waals surface area contributed by atoms with E-state index in [4.69, 9.17) is 9.47 Å². The maximum Gasteiger partial charge on any atom is 0.222 e. The second kappa shape index (κ2) is 11.2. The van der Waals surface area contributed by atoms with Crippen LogP contribution in [0.5, 0.6) is 11.5 Å². The minimum atomic E-state index is 0. The summed E-state index contributed by atoms with van der Waals surface area (Å²) in [4.78, 5) is 14.1. The van der Waals surface area contributed by atoms with E-state index in [0.717, 1.165) is 44.0 Å². The average Bonchev–Trinajstić information content (AvgIpc) is 3.02. The highest BCUT2D eigenvalue weighted by atomic mass is 35.5. The van der Waals surface area contributed by atoms with Crippen molar-refractivity contribution in [1.82, 2.24) is 10.2 Å². The third kappa shape index (κ3) is 6.57. The van der Waals surface area contributed by atoms with Crippen LogP contribution in [0.25, 0.3) is 0 Å². The van der Waals surface area contributed by atoms with E-state index >= 15 is 0 Å². The highest BCUT2D eigenvalue weighted by Crippen LogP contribution is 2.19. The largest absolute Gasteiger partial charge is 0.494 e. The summed E-state index contributed by atoms with van der Waals surface area (Å²) in [5.74, 6) is 2.51. The molecule has 1 aliphatic rings. The molecule has 1 aromatic carbocycles. The highest BCUT2D eigenvalue weighted by molar-refractivity contribution is 5.85. The number of amides is 1. The molecule has 2 rings (SSSR count). The Hall–Kier alpha value is -1.46. The SMILES string of the molecule is CCOc1ccc(OCCCC(=O)N2CCC(CNC)C2)cc1.Cl. The number of likely N-dealkylation sites (tertiary alicyclic amines) is 1. The van der Waals surface area contributed by atoms with Gasteiger partial charge >= 0.3 is 0 Å². The first-order chi connectivity index (χ1) is 11.2. The highest BCUT2D eigenvalue weighted by Gasteiger charge is 2.25. The molecular weight excluding hydrogens is 328 g/mol. The van der Waals surface area contributed by atoms with E-state index in [1.807, 2.05) is 43.1 Å². The van der Waals surface area contributed by atoms with Crippen molar-refractivity contribution in [1.29, 1.82) is 0 Å². The van der Waals surface area contributed by atoms with Crippen molar-refractivity contribution < 1.29 is 14.3 Å². The van der Waals surface area contributed by atoms with Crippen LogP contribution >= 0.6 is 12.4 Å². The van der Waals surface area contributed by atoms with Gasteiger partial charge in [-0.2, -0.15) is 0 Å². The Morgan fingerprint density at radius 1 is 1.25 bits per heavy atom. The number of benzene rings is 1. The molecule has 1 atom stereocenters. The standard InChI is InChI=1S/C18H28N2O3.ClH/c1-3-22-16-6-8-17(9-7-16)23-12-4-5-18(21)20-11-10-15(14-20)13-19-2;/h6-9,15,19H,3-5,10-14H2,1-2H3;1H. The van der Waals surface area contributed by atoms with E-state index < -0.39 is 0 Å². The Labute approximate surface area is 151 Å². The number of hydrogen-bond donors (Lipinski definition) is 1. The molecule has 0 bridgehead atoms. The summed E-state index contributed by atoms with van der Waals surface area (Å²) in [6.45, 7) is 5.96. The van der Waals surface area contributed by atoms with Gasteiger partial charge in [-0.05, 0) is 63.5 Å². The second-order valence-corrected chi connectivity index (χ2v) is 5.91. The Balaban J connectivity index is 0.00000288. The Bertz CT molecular complexity index is 482. The van der Waals surface area contributed by atoms with Gasteiger partial charge in [-0.15, -0.1) is 12.4 Å². The molecule has 1 aromatic rings. The molecular formula is C18H29ClN2O3. The van der Waals surface area contributed by atoms with Gasteiger partial charge in [-0.1, -0.05) is 0 Å². The Kier molecular flexibility index (Phi) is 9.57. The van der Waals surface area contributed by atoms with Gasteiger partial charge in [0.25, 0.3) is 0 Å². The van der Waals surface area contributed by atoms with Crippen LogP contribution in [0.1, 0.15) is 26.2 Å². The molecule has 0 radical (unpaired) electrons. The zero-order chi connectivity index (χ0) is 16.5. The van der Waals surface area contributed by atoms with Crippen LogP contribution in [-0.2, 0) is 4.79 Å². The molecule has 0 aliphatic carbocycles. The fourth-order valence-electron chi connectivity index (χ4n) is 2.88. The number of nitrogens with zero attached hydrogens (tertiary/aromatic N) is 1. The molecule has 0 saturated carbocycles. The third-order valence-electron chi connectivity index (χ3n) is 4.07. The maximum atomic E-state index is 12.2. The predicted octanol–water partition coefficient (Wildman–Crippen LogP) is 2.73. The summed E-state index contributed by atoms with van der Waals surface area (Å²) >= 11 is 0. The molecule has 1 saturated heterocycles. The molecule has 1 amide bonds. The van der Waals surface area contributed by atoms with E-state index in [0.29, 0.717) is 25.6 Å². The first-order valence-electron chi connectivity index (χ1n) is 8.51. The summed E-state index contributed by atoms with van der Waals surface area (Å²) in [6.07, 6.45) is 2.41. The number of ether oxygens (including phenoxy) is 2. The fourth-order valence-corrected chi connectivity index (χ4v) is 2.88. The third-order valence-corrected chi connectivity index (χ3v) is 4.07. The van der Waals surface area contributed by atoms with Gasteiger partial charge in [-0.25, -0.2) is 0 Å². The van der Waals surface area contributed by atoms with Gasteiger partial charge in [0.15, 0.2) is 0 Å². The van der Waals surface area contributed by atoms with Gasteiger partial charge in [-0.3, -0.25) is 4.79 Å². The molecule has 0 spiro atoms. The van der Waals surface area contributed by atoms with Gasteiger partial charge in [0.05, 0.1) is 13.2 Å². The molecule has 5 nitrogen and oxygen atoms in total. The summed E-state index contributed by atoms with van der Waals surface area (Å²) in [5, 5.41) is 3.18. The van der Waals surface area contributed by atoms with Crippen molar-refractivity contribution in [2.75, 3.05) is 39.9 Å². The number of carbonyl (C=O) groups excluding carboxylic acids is 1. The maximum absolute atomic E-state index is 12.2. The molecule has 1 unspecified atom stereocenters. The van der Waals surface area contributed by atoms with Crippen molar-refractivity contribution in [2.24, 2.45) is 5.92 Å². The van der Waals surface area contributed by atoms with Crippen LogP contribution in [0.2, 0.25) is 0 Å². The van der Waals surface area contributed by atoms with Crippen LogP contribution in [-0.4, -0.2) is 50.7 Å². The first-order valence-corrected chi connectivity index (χ1v) is 8.51. The van der Waals surface area contributed by atoms with Crippen molar-refractivity contribution in [2.45, 2.75) is 26.2 Å². The minimum Gasteiger partial charge on any atom is -0.494 e. The molecule has 136 valence electrons. The van der Waals surface area contributed by atoms with E-state index in [1.165, 1.54) is 0 Å². The Morgan fingerprint density at radius 3 is 2.54 bits per heavy atom. The molecule has 1 aliphatic heterocycles. The van der Waals surface area contributed by atoms with Crippen molar-refractivity contribution in [3.8, 4) is 11.5 Å². The monoisotopic (exact) mass is 356 g/mol. The van der Waals surface area contributed by atoms with E-state index in [1.54, 1.807) is 0 Å². The number of halogens is 1. The van der Waals surface area contributed by atoms with Crippen molar-refractivity contribution in [3.05, 3.63) is 24.3 Å². The normalized spacial score (nSPS) is 16.6. The van der Waals surface area contributed by atoms with E-state index in [9.17, 15) is 4.79 Å². The van der Waals surface area contributed by atoms with Gasteiger partial charge < -0.3 is 19.7 Å². The molecule has 1 heterocycles. The molecule has 24 heavy (non-hydrogen) atoms.